The van der Waals surface area contributed by atoms with Crippen LogP contribution in [0.2, 0.25) is 0 Å². The summed E-state index contributed by atoms with van der Waals surface area (Å²) in [5.41, 5.74) is -1.40. The number of nitro groups is 1. The highest BCUT2D eigenvalue weighted by Crippen LogP contribution is 2.31. The van der Waals surface area contributed by atoms with Crippen molar-refractivity contribution in [3.05, 3.63) is 33.6 Å². The first-order chi connectivity index (χ1) is 9.62. The number of hydrogen-bond acceptors (Lipinski definition) is 5. The second-order valence-electron chi connectivity index (χ2n) is 4.65. The Labute approximate surface area is 123 Å². The first-order valence-corrected chi connectivity index (χ1v) is 8.13. The quantitative estimate of drug-likeness (QED) is 0.475. The molecule has 0 heterocycles. The summed E-state index contributed by atoms with van der Waals surface area (Å²) in [6.07, 6.45) is 1.60. The summed E-state index contributed by atoms with van der Waals surface area (Å²) in [5, 5.41) is 10.8. The molecule has 1 saturated carbocycles. The molecule has 1 fully saturated rings. The molecule has 0 unspecified atom stereocenters. The zero-order chi connectivity index (χ0) is 15.9. The van der Waals surface area contributed by atoms with Crippen LogP contribution in [-0.2, 0) is 9.05 Å². The predicted octanol–water partition coefficient (Wildman–Crippen LogP) is 1.90. The average Bonchev–Trinajstić information content (AvgIpc) is 3.19. The van der Waals surface area contributed by atoms with Gasteiger partial charge in [-0.25, -0.2) is 8.42 Å². The molecular weight excluding hydrogens is 327 g/mol. The van der Waals surface area contributed by atoms with E-state index in [1.807, 2.05) is 0 Å². The van der Waals surface area contributed by atoms with Gasteiger partial charge in [0.15, 0.2) is 0 Å². The minimum absolute atomic E-state index is 0.0117. The van der Waals surface area contributed by atoms with Crippen LogP contribution in [0.1, 0.15) is 23.2 Å². The number of halogens is 2. The fraction of sp³-hybridized carbons (Fsp3) is 0.364. The number of nitro benzene ring substituents is 1. The molecule has 0 N–H and O–H groups in total. The molecular formula is C11H10ClFN2O5S. The van der Waals surface area contributed by atoms with Crippen molar-refractivity contribution >= 4 is 31.3 Å². The fourth-order valence-corrected chi connectivity index (χ4v) is 2.77. The molecule has 21 heavy (non-hydrogen) atoms. The maximum absolute atomic E-state index is 13.8. The van der Waals surface area contributed by atoms with Crippen LogP contribution in [0.3, 0.4) is 0 Å². The molecule has 0 bridgehead atoms. The molecule has 1 aromatic carbocycles. The molecule has 7 nitrogen and oxygen atoms in total. The third-order valence-corrected chi connectivity index (χ3v) is 4.46. The summed E-state index contributed by atoms with van der Waals surface area (Å²) in [4.78, 5) is 22.1. The van der Waals surface area contributed by atoms with Crippen molar-refractivity contribution < 1.29 is 22.5 Å². The zero-order valence-corrected chi connectivity index (χ0v) is 12.3. The Hall–Kier alpha value is -1.74. The number of amides is 1. The van der Waals surface area contributed by atoms with Crippen molar-refractivity contribution in [2.75, 3.05) is 7.05 Å². The molecule has 10 heteroatoms. The van der Waals surface area contributed by atoms with Crippen LogP contribution >= 0.6 is 10.7 Å². The van der Waals surface area contributed by atoms with E-state index in [1.165, 1.54) is 11.9 Å². The largest absolute Gasteiger partial charge is 0.339 e. The standard InChI is InChI=1S/C11H10ClFN2O5S/c1-14(7-2-3-7)11(16)6-4-8(15(17)18)10(13)9(5-6)21(12,19)20/h4-5,7H,2-3H2,1H3. The van der Waals surface area contributed by atoms with E-state index in [0.29, 0.717) is 12.1 Å². The Kier molecular flexibility index (Phi) is 3.89. The number of carbonyl (C=O) groups is 1. The van der Waals surface area contributed by atoms with Crippen molar-refractivity contribution in [1.82, 2.24) is 4.90 Å². The van der Waals surface area contributed by atoms with Gasteiger partial charge in [0.05, 0.1) is 4.92 Å². The lowest BCUT2D eigenvalue weighted by Crippen LogP contribution is -2.29. The predicted molar refractivity (Wildman–Crippen MR) is 71.2 cm³/mol. The van der Waals surface area contributed by atoms with Crippen LogP contribution in [-0.4, -0.2) is 37.2 Å². The van der Waals surface area contributed by atoms with E-state index in [4.69, 9.17) is 10.7 Å². The van der Waals surface area contributed by atoms with Gasteiger partial charge >= 0.3 is 5.69 Å². The third kappa shape index (κ3) is 3.13. The molecule has 0 aromatic heterocycles. The van der Waals surface area contributed by atoms with Crippen LogP contribution in [0.25, 0.3) is 0 Å². The van der Waals surface area contributed by atoms with E-state index in [1.54, 1.807) is 0 Å². The van der Waals surface area contributed by atoms with Crippen LogP contribution in [0.15, 0.2) is 17.0 Å². The van der Waals surface area contributed by atoms with Gasteiger partial charge < -0.3 is 4.90 Å². The number of hydrogen-bond donors (Lipinski definition) is 0. The van der Waals surface area contributed by atoms with E-state index < -0.39 is 36.3 Å². The van der Waals surface area contributed by atoms with Crippen molar-refractivity contribution in [2.45, 2.75) is 23.8 Å². The van der Waals surface area contributed by atoms with Gasteiger partial charge in [-0.15, -0.1) is 0 Å². The summed E-state index contributed by atoms with van der Waals surface area (Å²) in [7, 11) is 1.99. The van der Waals surface area contributed by atoms with E-state index in [2.05, 4.69) is 0 Å². The lowest BCUT2D eigenvalue weighted by atomic mass is 10.1. The van der Waals surface area contributed by atoms with Gasteiger partial charge in [0, 0.05) is 35.4 Å². The highest BCUT2D eigenvalue weighted by Gasteiger charge is 2.33. The van der Waals surface area contributed by atoms with Crippen molar-refractivity contribution in [1.29, 1.82) is 0 Å². The van der Waals surface area contributed by atoms with Crippen LogP contribution in [0, 0.1) is 15.9 Å². The monoisotopic (exact) mass is 336 g/mol. The van der Waals surface area contributed by atoms with Crippen molar-refractivity contribution in [2.24, 2.45) is 0 Å². The first kappa shape index (κ1) is 15.6. The van der Waals surface area contributed by atoms with E-state index in [-0.39, 0.29) is 11.6 Å². The first-order valence-electron chi connectivity index (χ1n) is 5.82. The fourth-order valence-electron chi connectivity index (χ4n) is 1.85. The van der Waals surface area contributed by atoms with Crippen molar-refractivity contribution in [3.63, 3.8) is 0 Å². The van der Waals surface area contributed by atoms with Gasteiger partial charge in [-0.2, -0.15) is 4.39 Å². The molecule has 0 atom stereocenters. The number of rotatable bonds is 4. The topological polar surface area (TPSA) is 97.6 Å². The van der Waals surface area contributed by atoms with E-state index in [0.717, 1.165) is 12.8 Å². The van der Waals surface area contributed by atoms with Gasteiger partial charge in [0.2, 0.25) is 5.82 Å². The second kappa shape index (κ2) is 5.23. The maximum Gasteiger partial charge on any atom is 0.307 e. The molecule has 0 aliphatic heterocycles. The normalized spacial score (nSPS) is 14.8. The Balaban J connectivity index is 2.59. The summed E-state index contributed by atoms with van der Waals surface area (Å²) in [5.74, 6) is -2.21. The van der Waals surface area contributed by atoms with Crippen LogP contribution < -0.4 is 0 Å². The lowest BCUT2D eigenvalue weighted by molar-refractivity contribution is -0.387. The summed E-state index contributed by atoms with van der Waals surface area (Å²) in [6.45, 7) is 0. The molecule has 1 aliphatic carbocycles. The number of benzene rings is 1. The minimum Gasteiger partial charge on any atom is -0.339 e. The highest BCUT2D eigenvalue weighted by atomic mass is 35.7. The van der Waals surface area contributed by atoms with Crippen LogP contribution in [0.4, 0.5) is 10.1 Å². The smallest absolute Gasteiger partial charge is 0.307 e. The molecule has 114 valence electrons. The van der Waals surface area contributed by atoms with E-state index >= 15 is 0 Å². The van der Waals surface area contributed by atoms with Crippen molar-refractivity contribution in [3.8, 4) is 0 Å². The molecule has 0 radical (unpaired) electrons. The zero-order valence-electron chi connectivity index (χ0n) is 10.7. The van der Waals surface area contributed by atoms with Gasteiger partial charge in [-0.3, -0.25) is 14.9 Å². The van der Waals surface area contributed by atoms with Gasteiger partial charge in [-0.1, -0.05) is 0 Å². The molecule has 1 aliphatic rings. The molecule has 1 aromatic rings. The summed E-state index contributed by atoms with van der Waals surface area (Å²) >= 11 is 0. The van der Waals surface area contributed by atoms with Gasteiger partial charge in [0.1, 0.15) is 4.90 Å². The molecule has 0 saturated heterocycles. The Morgan fingerprint density at radius 1 is 1.48 bits per heavy atom. The number of nitrogens with zero attached hydrogens (tertiary/aromatic N) is 2. The lowest BCUT2D eigenvalue weighted by Gasteiger charge is -2.16. The van der Waals surface area contributed by atoms with E-state index in [9.17, 15) is 27.7 Å². The average molecular weight is 337 g/mol. The minimum atomic E-state index is -4.55. The molecule has 1 amide bonds. The van der Waals surface area contributed by atoms with Gasteiger partial charge in [-0.05, 0) is 18.9 Å². The Morgan fingerprint density at radius 3 is 2.48 bits per heavy atom. The second-order valence-corrected chi connectivity index (χ2v) is 7.18. The number of carbonyl (C=O) groups excluding carboxylic acids is 1. The molecule has 2 rings (SSSR count). The van der Waals surface area contributed by atoms with Gasteiger partial charge in [0.25, 0.3) is 15.0 Å². The maximum atomic E-state index is 13.8. The third-order valence-electron chi connectivity index (χ3n) is 3.14. The highest BCUT2D eigenvalue weighted by molar-refractivity contribution is 8.13. The molecule has 0 spiro atoms. The SMILES string of the molecule is CN(C(=O)c1cc([N+](=O)[O-])c(F)c(S(=O)(=O)Cl)c1)C1CC1. The Morgan fingerprint density at radius 2 is 2.05 bits per heavy atom. The summed E-state index contributed by atoms with van der Waals surface area (Å²) in [6, 6.07) is 1.44. The summed E-state index contributed by atoms with van der Waals surface area (Å²) < 4.78 is 36.4. The van der Waals surface area contributed by atoms with Crippen LogP contribution in [0.5, 0.6) is 0 Å². The Bertz CT molecular complexity index is 732.